The molecule has 0 bridgehead atoms. The van der Waals surface area contributed by atoms with E-state index in [0.29, 0.717) is 48.4 Å². The molecule has 174 valence electrons. The third-order valence-corrected chi connectivity index (χ3v) is 5.86. The molecular formula is C24H19F4N5O. The zero-order valence-electron chi connectivity index (χ0n) is 17.8. The summed E-state index contributed by atoms with van der Waals surface area (Å²) in [7, 11) is 0. The number of rotatable bonds is 4. The zero-order chi connectivity index (χ0) is 23.9. The summed E-state index contributed by atoms with van der Waals surface area (Å²) in [5.74, 6) is -0.0967. The van der Waals surface area contributed by atoms with Gasteiger partial charge in [-0.2, -0.15) is 18.3 Å². The average molecular weight is 469 g/mol. The van der Waals surface area contributed by atoms with Crippen molar-refractivity contribution in [2.24, 2.45) is 0 Å². The Labute approximate surface area is 191 Å². The van der Waals surface area contributed by atoms with Gasteiger partial charge in [0.05, 0.1) is 28.7 Å². The van der Waals surface area contributed by atoms with E-state index in [1.807, 2.05) is 0 Å². The van der Waals surface area contributed by atoms with Crippen LogP contribution in [0, 0.1) is 5.82 Å². The summed E-state index contributed by atoms with van der Waals surface area (Å²) in [6.07, 6.45) is -2.23. The summed E-state index contributed by atoms with van der Waals surface area (Å²) in [4.78, 5) is 22.1. The molecule has 6 nitrogen and oxygen atoms in total. The van der Waals surface area contributed by atoms with Crippen molar-refractivity contribution in [1.82, 2.24) is 25.1 Å². The number of aromatic nitrogens is 4. The maximum absolute atomic E-state index is 13.6. The van der Waals surface area contributed by atoms with Gasteiger partial charge in [0.1, 0.15) is 11.6 Å². The van der Waals surface area contributed by atoms with E-state index in [1.165, 1.54) is 24.3 Å². The number of benzene rings is 2. The van der Waals surface area contributed by atoms with Gasteiger partial charge in [0.25, 0.3) is 5.56 Å². The molecule has 0 amide bonds. The second kappa shape index (κ2) is 8.53. The maximum Gasteiger partial charge on any atom is 0.416 e. The van der Waals surface area contributed by atoms with Crippen LogP contribution in [0.3, 0.4) is 0 Å². The molecule has 0 saturated carbocycles. The Balaban J connectivity index is 1.36. The van der Waals surface area contributed by atoms with Crippen LogP contribution in [0.5, 0.6) is 0 Å². The third kappa shape index (κ3) is 4.36. The lowest BCUT2D eigenvalue weighted by molar-refractivity contribution is -0.137. The number of hydrogen-bond acceptors (Lipinski definition) is 4. The fourth-order valence-electron chi connectivity index (χ4n) is 4.14. The summed E-state index contributed by atoms with van der Waals surface area (Å²) >= 11 is 0. The van der Waals surface area contributed by atoms with E-state index in [0.717, 1.165) is 23.4 Å². The molecule has 1 aliphatic rings. The summed E-state index contributed by atoms with van der Waals surface area (Å²) in [5.41, 5.74) is 2.77. The SMILES string of the molecule is O=c1[nH]c(-c2ccc(C(F)(F)F)cc2)nc2c1CN(Cc1cn[nH]c1-c1cccc(F)c1)CC2. The molecular weight excluding hydrogens is 450 g/mol. The van der Waals surface area contributed by atoms with Crippen LogP contribution < -0.4 is 5.56 Å². The molecule has 10 heteroatoms. The Morgan fingerprint density at radius 1 is 1.06 bits per heavy atom. The van der Waals surface area contributed by atoms with Gasteiger partial charge in [-0.3, -0.25) is 14.8 Å². The molecule has 0 fully saturated rings. The number of nitrogens with zero attached hydrogens (tertiary/aromatic N) is 3. The first-order valence-corrected chi connectivity index (χ1v) is 10.6. The molecule has 2 aromatic carbocycles. The largest absolute Gasteiger partial charge is 0.416 e. The van der Waals surface area contributed by atoms with E-state index in [9.17, 15) is 22.4 Å². The number of halogens is 4. The Kier molecular flexibility index (Phi) is 5.52. The molecule has 0 aliphatic carbocycles. The number of alkyl halides is 3. The summed E-state index contributed by atoms with van der Waals surface area (Å²) in [5, 5.41) is 7.01. The van der Waals surface area contributed by atoms with Gasteiger partial charge in [-0.15, -0.1) is 0 Å². The van der Waals surface area contributed by atoms with Crippen molar-refractivity contribution in [3.63, 3.8) is 0 Å². The number of H-pyrrole nitrogens is 2. The van der Waals surface area contributed by atoms with Gasteiger partial charge in [-0.1, -0.05) is 24.3 Å². The minimum atomic E-state index is -4.43. The normalized spacial score (nSPS) is 14.2. The Morgan fingerprint density at radius 2 is 1.85 bits per heavy atom. The highest BCUT2D eigenvalue weighted by Crippen LogP contribution is 2.30. The van der Waals surface area contributed by atoms with Gasteiger partial charge in [-0.25, -0.2) is 9.37 Å². The van der Waals surface area contributed by atoms with Gasteiger partial charge in [0.2, 0.25) is 0 Å². The van der Waals surface area contributed by atoms with E-state index in [-0.39, 0.29) is 17.2 Å². The van der Waals surface area contributed by atoms with E-state index in [2.05, 4.69) is 25.1 Å². The highest BCUT2D eigenvalue weighted by atomic mass is 19.4. The molecule has 0 radical (unpaired) electrons. The van der Waals surface area contributed by atoms with E-state index in [1.54, 1.807) is 18.3 Å². The molecule has 2 aromatic heterocycles. The van der Waals surface area contributed by atoms with Gasteiger partial charge >= 0.3 is 6.18 Å². The van der Waals surface area contributed by atoms with Crippen LogP contribution in [-0.4, -0.2) is 31.6 Å². The van der Waals surface area contributed by atoms with Gasteiger partial charge in [0.15, 0.2) is 0 Å². The molecule has 0 spiro atoms. The molecule has 4 aromatic rings. The molecule has 0 atom stereocenters. The lowest BCUT2D eigenvalue weighted by atomic mass is 10.0. The van der Waals surface area contributed by atoms with Crippen LogP contribution in [0.25, 0.3) is 22.6 Å². The lowest BCUT2D eigenvalue weighted by Gasteiger charge is -2.27. The van der Waals surface area contributed by atoms with Crippen LogP contribution in [0.1, 0.15) is 22.4 Å². The summed E-state index contributed by atoms with van der Waals surface area (Å²) < 4.78 is 52.1. The van der Waals surface area contributed by atoms with E-state index < -0.39 is 11.7 Å². The summed E-state index contributed by atoms with van der Waals surface area (Å²) in [6, 6.07) is 10.8. The Bertz CT molecular complexity index is 1390. The standard InChI is InChI=1S/C24H19F4N5O/c25-18-3-1-2-15(10-18)21-16(11-29-32-21)12-33-9-8-20-19(13-33)23(34)31-22(30-20)14-4-6-17(7-5-14)24(26,27)28/h1-7,10-11H,8-9,12-13H2,(H,29,32)(H,30,31,34). The van der Waals surface area contributed by atoms with Gasteiger partial charge in [-0.05, 0) is 24.3 Å². The first-order chi connectivity index (χ1) is 16.3. The number of aromatic amines is 2. The number of nitrogens with one attached hydrogen (secondary N) is 2. The molecule has 0 saturated heterocycles. The average Bonchev–Trinajstić information content (AvgIpc) is 3.27. The smallest absolute Gasteiger partial charge is 0.306 e. The minimum absolute atomic E-state index is 0.245. The van der Waals surface area contributed by atoms with Crippen LogP contribution in [-0.2, 0) is 25.7 Å². The van der Waals surface area contributed by atoms with Crippen molar-refractivity contribution in [2.45, 2.75) is 25.7 Å². The molecule has 3 heterocycles. The molecule has 1 aliphatic heterocycles. The Hall–Kier alpha value is -3.79. The van der Waals surface area contributed by atoms with Crippen molar-refractivity contribution >= 4 is 0 Å². The van der Waals surface area contributed by atoms with Crippen molar-refractivity contribution in [3.8, 4) is 22.6 Å². The lowest BCUT2D eigenvalue weighted by Crippen LogP contribution is -2.35. The van der Waals surface area contributed by atoms with E-state index in [4.69, 9.17) is 0 Å². The predicted molar refractivity (Wildman–Crippen MR) is 117 cm³/mol. The first kappa shape index (κ1) is 22.0. The Morgan fingerprint density at radius 3 is 2.59 bits per heavy atom. The summed E-state index contributed by atoms with van der Waals surface area (Å²) in [6.45, 7) is 1.49. The fraction of sp³-hybridized carbons (Fsp3) is 0.208. The van der Waals surface area contributed by atoms with Crippen LogP contribution in [0.15, 0.2) is 59.5 Å². The quantitative estimate of drug-likeness (QED) is 0.430. The highest BCUT2D eigenvalue weighted by molar-refractivity contribution is 5.62. The monoisotopic (exact) mass is 469 g/mol. The topological polar surface area (TPSA) is 77.7 Å². The molecule has 5 rings (SSSR count). The van der Waals surface area contributed by atoms with Gasteiger partial charge in [0, 0.05) is 42.7 Å². The second-order valence-corrected chi connectivity index (χ2v) is 8.16. The van der Waals surface area contributed by atoms with Crippen molar-refractivity contribution in [2.75, 3.05) is 6.54 Å². The molecule has 2 N–H and O–H groups in total. The highest BCUT2D eigenvalue weighted by Gasteiger charge is 2.30. The van der Waals surface area contributed by atoms with Crippen molar-refractivity contribution in [3.05, 3.63) is 93.3 Å². The van der Waals surface area contributed by atoms with Crippen LogP contribution in [0.2, 0.25) is 0 Å². The van der Waals surface area contributed by atoms with Crippen molar-refractivity contribution in [1.29, 1.82) is 0 Å². The van der Waals surface area contributed by atoms with Gasteiger partial charge < -0.3 is 4.98 Å². The number of fused-ring (bicyclic) bond motifs is 1. The second-order valence-electron chi connectivity index (χ2n) is 8.16. The fourth-order valence-corrected chi connectivity index (χ4v) is 4.14. The zero-order valence-corrected chi connectivity index (χ0v) is 17.8. The third-order valence-electron chi connectivity index (χ3n) is 5.86. The van der Waals surface area contributed by atoms with Crippen LogP contribution >= 0.6 is 0 Å². The molecule has 0 unspecified atom stereocenters. The number of hydrogen-bond donors (Lipinski definition) is 2. The predicted octanol–water partition coefficient (Wildman–Crippen LogP) is 4.54. The minimum Gasteiger partial charge on any atom is -0.306 e. The van der Waals surface area contributed by atoms with Crippen molar-refractivity contribution < 1.29 is 17.6 Å². The van der Waals surface area contributed by atoms with Crippen LogP contribution in [0.4, 0.5) is 17.6 Å². The molecule has 34 heavy (non-hydrogen) atoms. The maximum atomic E-state index is 13.6. The van der Waals surface area contributed by atoms with E-state index >= 15 is 0 Å². The first-order valence-electron chi connectivity index (χ1n) is 10.6.